The van der Waals surface area contributed by atoms with E-state index in [0.29, 0.717) is 5.56 Å². The molecule has 0 aliphatic rings. The summed E-state index contributed by atoms with van der Waals surface area (Å²) in [5.41, 5.74) is 5.36. The molecule has 0 aliphatic carbocycles. The van der Waals surface area contributed by atoms with Crippen LogP contribution in [-0.4, -0.2) is 24.4 Å². The zero-order valence-electron chi connectivity index (χ0n) is 10.0. The van der Waals surface area contributed by atoms with E-state index in [4.69, 9.17) is 10.5 Å². The molecule has 6 heteroatoms. The standard InChI is InChI=1S/C12H13NO3S2/c1-17-11(18-2)7-10(14)8-4-3-5-9(6-8)16-12(13)15/h3-7H,1-2H3,(H2,13,15). The SMILES string of the molecule is CSC(=CC(=O)c1cccc(OC(N)=O)c1)SC. The van der Waals surface area contributed by atoms with Crippen LogP contribution in [-0.2, 0) is 0 Å². The van der Waals surface area contributed by atoms with E-state index in [2.05, 4.69) is 0 Å². The lowest BCUT2D eigenvalue weighted by Gasteiger charge is -2.03. The van der Waals surface area contributed by atoms with Crippen LogP contribution in [0.2, 0.25) is 0 Å². The molecule has 0 aromatic heterocycles. The van der Waals surface area contributed by atoms with Crippen LogP contribution in [0, 0.1) is 0 Å². The molecule has 0 fully saturated rings. The van der Waals surface area contributed by atoms with Crippen molar-refractivity contribution in [1.82, 2.24) is 0 Å². The third-order valence-corrected chi connectivity index (χ3v) is 4.03. The smallest absolute Gasteiger partial charge is 0.409 e. The Morgan fingerprint density at radius 1 is 1.28 bits per heavy atom. The zero-order chi connectivity index (χ0) is 13.5. The number of nitrogens with two attached hydrogens (primary N) is 1. The molecular weight excluding hydrogens is 270 g/mol. The van der Waals surface area contributed by atoms with E-state index in [1.165, 1.54) is 29.6 Å². The predicted molar refractivity (Wildman–Crippen MR) is 76.1 cm³/mol. The van der Waals surface area contributed by atoms with Crippen LogP contribution < -0.4 is 10.5 Å². The number of amides is 1. The third kappa shape index (κ3) is 4.46. The van der Waals surface area contributed by atoms with Gasteiger partial charge >= 0.3 is 6.09 Å². The van der Waals surface area contributed by atoms with Gasteiger partial charge in [0.1, 0.15) is 5.75 Å². The number of ether oxygens (including phenoxy) is 1. The molecule has 1 amide bonds. The maximum Gasteiger partial charge on any atom is 0.409 e. The summed E-state index contributed by atoms with van der Waals surface area (Å²) in [6.07, 6.45) is 4.47. The van der Waals surface area contributed by atoms with Gasteiger partial charge < -0.3 is 10.5 Å². The van der Waals surface area contributed by atoms with Gasteiger partial charge in [0.05, 0.1) is 0 Å². The van der Waals surface area contributed by atoms with Gasteiger partial charge in [-0.15, -0.1) is 23.5 Å². The first-order valence-corrected chi connectivity index (χ1v) is 7.43. The molecule has 1 rings (SSSR count). The summed E-state index contributed by atoms with van der Waals surface area (Å²) in [5.74, 6) is 0.125. The van der Waals surface area contributed by atoms with Crippen molar-refractivity contribution in [2.45, 2.75) is 0 Å². The van der Waals surface area contributed by atoms with Crippen LogP contribution in [0.1, 0.15) is 10.4 Å². The second-order valence-corrected chi connectivity index (χ2v) is 5.14. The van der Waals surface area contributed by atoms with Crippen molar-refractivity contribution in [2.75, 3.05) is 12.5 Å². The number of carbonyl (C=O) groups is 2. The van der Waals surface area contributed by atoms with Crippen LogP contribution in [0.25, 0.3) is 0 Å². The highest BCUT2D eigenvalue weighted by molar-refractivity contribution is 8.21. The van der Waals surface area contributed by atoms with E-state index in [1.54, 1.807) is 24.3 Å². The van der Waals surface area contributed by atoms with Crippen LogP contribution >= 0.6 is 23.5 Å². The van der Waals surface area contributed by atoms with Gasteiger partial charge in [0.2, 0.25) is 0 Å². The Labute approximate surface area is 114 Å². The molecule has 1 aromatic rings. The number of primary amides is 1. The van der Waals surface area contributed by atoms with Gasteiger partial charge in [0.15, 0.2) is 5.78 Å². The maximum atomic E-state index is 11.9. The fourth-order valence-corrected chi connectivity index (χ4v) is 2.34. The minimum atomic E-state index is -0.899. The number of benzene rings is 1. The van der Waals surface area contributed by atoms with Crippen molar-refractivity contribution < 1.29 is 14.3 Å². The second kappa shape index (κ2) is 7.13. The quantitative estimate of drug-likeness (QED) is 0.664. The van der Waals surface area contributed by atoms with Gasteiger partial charge in [0.25, 0.3) is 0 Å². The van der Waals surface area contributed by atoms with E-state index in [9.17, 15) is 9.59 Å². The van der Waals surface area contributed by atoms with E-state index >= 15 is 0 Å². The molecule has 0 atom stereocenters. The highest BCUT2D eigenvalue weighted by Crippen LogP contribution is 2.24. The number of ketones is 1. The highest BCUT2D eigenvalue weighted by Gasteiger charge is 2.07. The summed E-state index contributed by atoms with van der Waals surface area (Å²) in [5, 5.41) is 0. The van der Waals surface area contributed by atoms with E-state index in [-0.39, 0.29) is 11.5 Å². The number of thioether (sulfide) groups is 2. The van der Waals surface area contributed by atoms with Crippen molar-refractivity contribution in [1.29, 1.82) is 0 Å². The average molecular weight is 283 g/mol. The van der Waals surface area contributed by atoms with Gasteiger partial charge in [-0.2, -0.15) is 0 Å². The van der Waals surface area contributed by atoms with Gasteiger partial charge in [-0.1, -0.05) is 12.1 Å². The Morgan fingerprint density at radius 2 is 1.94 bits per heavy atom. The zero-order valence-corrected chi connectivity index (χ0v) is 11.6. The van der Waals surface area contributed by atoms with Gasteiger partial charge in [-0.3, -0.25) is 4.79 Å². The molecule has 4 nitrogen and oxygen atoms in total. The van der Waals surface area contributed by atoms with Crippen LogP contribution in [0.3, 0.4) is 0 Å². The number of hydrogen-bond donors (Lipinski definition) is 1. The highest BCUT2D eigenvalue weighted by atomic mass is 32.2. The predicted octanol–water partition coefficient (Wildman–Crippen LogP) is 2.89. The summed E-state index contributed by atoms with van der Waals surface area (Å²) in [7, 11) is 0. The Balaban J connectivity index is 2.92. The maximum absolute atomic E-state index is 11.9. The van der Waals surface area contributed by atoms with Crippen molar-refractivity contribution in [2.24, 2.45) is 5.73 Å². The topological polar surface area (TPSA) is 69.4 Å². The van der Waals surface area contributed by atoms with Crippen molar-refractivity contribution in [3.8, 4) is 5.75 Å². The molecule has 0 heterocycles. The minimum absolute atomic E-state index is 0.136. The molecule has 0 radical (unpaired) electrons. The summed E-state index contributed by atoms with van der Waals surface area (Å²) in [6, 6.07) is 6.35. The molecule has 18 heavy (non-hydrogen) atoms. The Kier molecular flexibility index (Phi) is 5.80. The molecule has 0 unspecified atom stereocenters. The lowest BCUT2D eigenvalue weighted by Crippen LogP contribution is -2.16. The van der Waals surface area contributed by atoms with Crippen LogP contribution in [0.15, 0.2) is 34.6 Å². The first-order valence-electron chi connectivity index (χ1n) is 4.98. The lowest BCUT2D eigenvalue weighted by atomic mass is 10.1. The average Bonchev–Trinajstić information content (AvgIpc) is 2.35. The molecule has 0 bridgehead atoms. The summed E-state index contributed by atoms with van der Waals surface area (Å²) >= 11 is 3.01. The molecule has 96 valence electrons. The number of hydrogen-bond acceptors (Lipinski definition) is 5. The van der Waals surface area contributed by atoms with Crippen molar-refractivity contribution in [3.63, 3.8) is 0 Å². The van der Waals surface area contributed by atoms with Gasteiger partial charge in [-0.25, -0.2) is 4.79 Å². The minimum Gasteiger partial charge on any atom is -0.410 e. The van der Waals surface area contributed by atoms with Crippen LogP contribution in [0.5, 0.6) is 5.75 Å². The van der Waals surface area contributed by atoms with Gasteiger partial charge in [-0.05, 0) is 24.6 Å². The lowest BCUT2D eigenvalue weighted by molar-refractivity contribution is 0.104. The van der Waals surface area contributed by atoms with E-state index in [1.807, 2.05) is 12.5 Å². The van der Waals surface area contributed by atoms with Crippen LogP contribution in [0.4, 0.5) is 4.79 Å². The van der Waals surface area contributed by atoms with Gasteiger partial charge in [0, 0.05) is 15.9 Å². The molecule has 2 N–H and O–H groups in total. The normalized spacial score (nSPS) is 9.67. The van der Waals surface area contributed by atoms with E-state index < -0.39 is 6.09 Å². The molecule has 0 saturated heterocycles. The first kappa shape index (κ1) is 14.7. The molecule has 0 saturated carbocycles. The molecule has 1 aromatic carbocycles. The number of rotatable bonds is 5. The number of carbonyl (C=O) groups excluding carboxylic acids is 2. The molecular formula is C12H13NO3S2. The fourth-order valence-electron chi connectivity index (χ4n) is 1.22. The summed E-state index contributed by atoms with van der Waals surface area (Å²) in [6.45, 7) is 0. The van der Waals surface area contributed by atoms with E-state index in [0.717, 1.165) is 4.24 Å². The monoisotopic (exact) mass is 283 g/mol. The summed E-state index contributed by atoms with van der Waals surface area (Å²) < 4.78 is 5.64. The molecule has 0 aliphatic heterocycles. The summed E-state index contributed by atoms with van der Waals surface area (Å²) in [4.78, 5) is 22.6. The Hall–Kier alpha value is -1.40. The Bertz CT molecular complexity index is 480. The van der Waals surface area contributed by atoms with Crippen molar-refractivity contribution in [3.05, 3.63) is 40.1 Å². The second-order valence-electron chi connectivity index (χ2n) is 3.18. The number of allylic oxidation sites excluding steroid dienone is 1. The molecule has 0 spiro atoms. The van der Waals surface area contributed by atoms with Crippen molar-refractivity contribution >= 4 is 35.4 Å². The Morgan fingerprint density at radius 3 is 2.50 bits per heavy atom. The third-order valence-electron chi connectivity index (χ3n) is 1.99. The fraction of sp³-hybridized carbons (Fsp3) is 0.167. The first-order chi connectivity index (χ1) is 8.56. The largest absolute Gasteiger partial charge is 0.410 e.